The molecule has 14 heavy (non-hydrogen) atoms. The van der Waals surface area contributed by atoms with Crippen molar-refractivity contribution < 1.29 is 4.74 Å². The molecular weight excluding hydrogens is 178 g/mol. The van der Waals surface area contributed by atoms with E-state index < -0.39 is 0 Å². The van der Waals surface area contributed by atoms with E-state index in [0.29, 0.717) is 17.9 Å². The second-order valence-corrected chi connectivity index (χ2v) is 2.96. The minimum Gasteiger partial charge on any atom is -0.488 e. The highest BCUT2D eigenvalue weighted by Gasteiger charge is 2.17. The van der Waals surface area contributed by atoms with Gasteiger partial charge in [-0.1, -0.05) is 0 Å². The van der Waals surface area contributed by atoms with Crippen molar-refractivity contribution in [3.63, 3.8) is 0 Å². The van der Waals surface area contributed by atoms with Crippen molar-refractivity contribution in [2.24, 2.45) is 0 Å². The predicted molar refractivity (Wildman–Crippen MR) is 49.7 cm³/mol. The number of rotatable bonds is 0. The molecule has 2 rings (SSSR count). The Morgan fingerprint density at radius 1 is 1.43 bits per heavy atom. The van der Waals surface area contributed by atoms with Gasteiger partial charge in [0.05, 0.1) is 23.4 Å². The molecule has 1 unspecified atom stereocenters. The van der Waals surface area contributed by atoms with E-state index in [1.165, 1.54) is 0 Å². The fourth-order valence-electron chi connectivity index (χ4n) is 1.30. The third kappa shape index (κ3) is 1.34. The third-order valence-corrected chi connectivity index (χ3v) is 2.00. The number of nitrogens with one attached hydrogen (secondary N) is 1. The summed E-state index contributed by atoms with van der Waals surface area (Å²) in [5.74, 6) is 0.635. The Bertz CT molecular complexity index is 442. The van der Waals surface area contributed by atoms with Gasteiger partial charge in [-0.25, -0.2) is 0 Å². The Kier molecular flexibility index (Phi) is 1.96. The lowest BCUT2D eigenvalue weighted by molar-refractivity contribution is 0.304. The Balaban J connectivity index is 2.34. The average Bonchev–Trinajstić information content (AvgIpc) is 2.27. The maximum absolute atomic E-state index is 8.67. The summed E-state index contributed by atoms with van der Waals surface area (Å²) in [4.78, 5) is 0. The highest BCUT2D eigenvalue weighted by Crippen LogP contribution is 2.29. The van der Waals surface area contributed by atoms with Crippen molar-refractivity contribution in [2.75, 3.05) is 11.9 Å². The van der Waals surface area contributed by atoms with Crippen molar-refractivity contribution >= 4 is 5.69 Å². The lowest BCUT2D eigenvalue weighted by Crippen LogP contribution is -2.29. The van der Waals surface area contributed by atoms with Gasteiger partial charge < -0.3 is 10.1 Å². The molecule has 0 bridgehead atoms. The van der Waals surface area contributed by atoms with Crippen molar-refractivity contribution in [2.45, 2.75) is 6.04 Å². The van der Waals surface area contributed by atoms with Gasteiger partial charge in [0.25, 0.3) is 0 Å². The average molecular weight is 185 g/mol. The molecule has 1 aliphatic heterocycles. The molecule has 1 N–H and O–H groups in total. The molecule has 0 amide bonds. The number of nitriles is 2. The molecule has 0 spiro atoms. The normalized spacial score (nSPS) is 18.0. The molecule has 0 radical (unpaired) electrons. The summed E-state index contributed by atoms with van der Waals surface area (Å²) in [7, 11) is 0. The van der Waals surface area contributed by atoms with Gasteiger partial charge in [0, 0.05) is 6.07 Å². The standard InChI is InChI=1S/C10H7N3O/c11-4-7-1-2-9-10(3-7)14-6-8(5-12)13-9/h1-3,8,13H,6H2. The van der Waals surface area contributed by atoms with E-state index in [4.69, 9.17) is 15.3 Å². The zero-order valence-electron chi connectivity index (χ0n) is 7.32. The summed E-state index contributed by atoms with van der Waals surface area (Å²) >= 11 is 0. The number of fused-ring (bicyclic) bond motifs is 1. The smallest absolute Gasteiger partial charge is 0.149 e. The third-order valence-electron chi connectivity index (χ3n) is 2.00. The number of hydrogen-bond donors (Lipinski definition) is 1. The van der Waals surface area contributed by atoms with Gasteiger partial charge in [0.15, 0.2) is 0 Å². The van der Waals surface area contributed by atoms with E-state index in [2.05, 4.69) is 11.4 Å². The van der Waals surface area contributed by atoms with Crippen LogP contribution in [0, 0.1) is 22.7 Å². The van der Waals surface area contributed by atoms with Crippen LogP contribution in [0.3, 0.4) is 0 Å². The molecule has 0 aromatic heterocycles. The van der Waals surface area contributed by atoms with Gasteiger partial charge in [-0.2, -0.15) is 10.5 Å². The molecule has 1 aliphatic rings. The number of benzene rings is 1. The number of nitrogens with zero attached hydrogens (tertiary/aromatic N) is 2. The van der Waals surface area contributed by atoms with Crippen LogP contribution in [0.2, 0.25) is 0 Å². The van der Waals surface area contributed by atoms with Crippen molar-refractivity contribution in [3.8, 4) is 17.9 Å². The van der Waals surface area contributed by atoms with Crippen molar-refractivity contribution in [1.29, 1.82) is 10.5 Å². The van der Waals surface area contributed by atoms with Crippen LogP contribution < -0.4 is 10.1 Å². The summed E-state index contributed by atoms with van der Waals surface area (Å²) in [5, 5.41) is 20.3. The molecule has 0 saturated carbocycles. The van der Waals surface area contributed by atoms with E-state index in [9.17, 15) is 0 Å². The van der Waals surface area contributed by atoms with E-state index >= 15 is 0 Å². The molecule has 1 aromatic carbocycles. The fraction of sp³-hybridized carbons (Fsp3) is 0.200. The molecule has 0 fully saturated rings. The lowest BCUT2D eigenvalue weighted by atomic mass is 10.1. The van der Waals surface area contributed by atoms with Crippen LogP contribution in [0.1, 0.15) is 5.56 Å². The first kappa shape index (κ1) is 8.40. The SMILES string of the molecule is N#Cc1ccc2c(c1)OCC(C#N)N2. The Morgan fingerprint density at radius 3 is 3.00 bits per heavy atom. The summed E-state index contributed by atoms with van der Waals surface area (Å²) in [6.45, 7) is 0.318. The predicted octanol–water partition coefficient (Wildman–Crippen LogP) is 1.25. The van der Waals surface area contributed by atoms with Crippen molar-refractivity contribution in [1.82, 2.24) is 0 Å². The number of anilines is 1. The Morgan fingerprint density at radius 2 is 2.29 bits per heavy atom. The van der Waals surface area contributed by atoms with Gasteiger partial charge in [0.2, 0.25) is 0 Å². The van der Waals surface area contributed by atoms with Crippen LogP contribution in [-0.2, 0) is 0 Å². The van der Waals surface area contributed by atoms with Gasteiger partial charge in [-0.15, -0.1) is 0 Å². The maximum Gasteiger partial charge on any atom is 0.149 e. The quantitative estimate of drug-likeness (QED) is 0.660. The summed E-state index contributed by atoms with van der Waals surface area (Å²) in [5.41, 5.74) is 1.32. The fourth-order valence-corrected chi connectivity index (χ4v) is 1.30. The molecule has 1 aromatic rings. The molecule has 4 heteroatoms. The van der Waals surface area contributed by atoms with Crippen LogP contribution >= 0.6 is 0 Å². The zero-order chi connectivity index (χ0) is 9.97. The van der Waals surface area contributed by atoms with Crippen molar-refractivity contribution in [3.05, 3.63) is 23.8 Å². The minimum absolute atomic E-state index is 0.310. The maximum atomic E-state index is 8.67. The highest BCUT2D eigenvalue weighted by atomic mass is 16.5. The summed E-state index contributed by atoms with van der Waals surface area (Å²) in [6, 6.07) is 8.89. The first-order valence-corrected chi connectivity index (χ1v) is 4.16. The van der Waals surface area contributed by atoms with Crippen LogP contribution in [-0.4, -0.2) is 12.6 Å². The molecule has 4 nitrogen and oxygen atoms in total. The monoisotopic (exact) mass is 185 g/mol. The number of ether oxygens (including phenoxy) is 1. The largest absolute Gasteiger partial charge is 0.488 e. The number of hydrogen-bond acceptors (Lipinski definition) is 4. The summed E-state index contributed by atoms with van der Waals surface area (Å²) < 4.78 is 5.33. The molecule has 0 saturated heterocycles. The molecule has 0 aliphatic carbocycles. The lowest BCUT2D eigenvalue weighted by Gasteiger charge is -2.22. The van der Waals surface area contributed by atoms with Crippen LogP contribution in [0.25, 0.3) is 0 Å². The van der Waals surface area contributed by atoms with E-state index in [-0.39, 0.29) is 6.04 Å². The van der Waals surface area contributed by atoms with E-state index in [1.807, 2.05) is 6.07 Å². The van der Waals surface area contributed by atoms with E-state index in [0.717, 1.165) is 5.69 Å². The van der Waals surface area contributed by atoms with Gasteiger partial charge >= 0.3 is 0 Å². The van der Waals surface area contributed by atoms with Crippen LogP contribution in [0.5, 0.6) is 5.75 Å². The van der Waals surface area contributed by atoms with Crippen LogP contribution in [0.4, 0.5) is 5.69 Å². The zero-order valence-corrected chi connectivity index (χ0v) is 7.32. The second-order valence-electron chi connectivity index (χ2n) is 2.96. The van der Waals surface area contributed by atoms with Crippen LogP contribution in [0.15, 0.2) is 18.2 Å². The van der Waals surface area contributed by atoms with Gasteiger partial charge in [-0.3, -0.25) is 0 Å². The summed E-state index contributed by atoms with van der Waals surface area (Å²) in [6.07, 6.45) is 0. The Hall–Kier alpha value is -2.20. The molecular formula is C10H7N3O. The molecule has 68 valence electrons. The second kappa shape index (κ2) is 3.27. The van der Waals surface area contributed by atoms with Gasteiger partial charge in [-0.05, 0) is 12.1 Å². The molecule has 1 heterocycles. The first-order chi connectivity index (χ1) is 6.83. The molecule has 1 atom stereocenters. The van der Waals surface area contributed by atoms with Gasteiger partial charge in [0.1, 0.15) is 18.4 Å². The minimum atomic E-state index is -0.310. The Labute approximate surface area is 81.3 Å². The first-order valence-electron chi connectivity index (χ1n) is 4.16. The topological polar surface area (TPSA) is 68.8 Å². The van der Waals surface area contributed by atoms with E-state index in [1.54, 1.807) is 18.2 Å². The highest BCUT2D eigenvalue weighted by molar-refractivity contribution is 5.61.